The molecule has 158 valence electrons. The highest BCUT2D eigenvalue weighted by atomic mass is 32.2. The predicted octanol–water partition coefficient (Wildman–Crippen LogP) is 3.88. The second kappa shape index (κ2) is 9.11. The van der Waals surface area contributed by atoms with Gasteiger partial charge >= 0.3 is 0 Å². The van der Waals surface area contributed by atoms with E-state index in [0.717, 1.165) is 30.2 Å². The Morgan fingerprint density at radius 3 is 2.70 bits per heavy atom. The van der Waals surface area contributed by atoms with Crippen LogP contribution in [0.3, 0.4) is 0 Å². The lowest BCUT2D eigenvalue weighted by atomic mass is 10.2. The molecule has 0 N–H and O–H groups in total. The molecule has 4 rings (SSSR count). The van der Waals surface area contributed by atoms with Crippen molar-refractivity contribution in [1.82, 2.24) is 9.97 Å². The molecule has 0 bridgehead atoms. The number of aromatic nitrogens is 2. The van der Waals surface area contributed by atoms with Gasteiger partial charge in [-0.3, -0.25) is 4.98 Å². The van der Waals surface area contributed by atoms with Crippen LogP contribution >= 0.6 is 11.3 Å². The third-order valence-corrected chi connectivity index (χ3v) is 6.55. The maximum Gasteiger partial charge on any atom is 0.175 e. The van der Waals surface area contributed by atoms with Crippen molar-refractivity contribution >= 4 is 21.2 Å². The third kappa shape index (κ3) is 5.35. The summed E-state index contributed by atoms with van der Waals surface area (Å²) in [5, 5.41) is 2.88. The zero-order valence-corrected chi connectivity index (χ0v) is 18.1. The Balaban J connectivity index is 1.53. The summed E-state index contributed by atoms with van der Waals surface area (Å²) < 4.78 is 40.8. The van der Waals surface area contributed by atoms with E-state index in [2.05, 4.69) is 9.97 Å². The van der Waals surface area contributed by atoms with Crippen molar-refractivity contribution in [1.29, 1.82) is 0 Å². The maximum absolute atomic E-state index is 11.6. The Bertz CT molecular complexity index is 1080. The first-order chi connectivity index (χ1) is 14.5. The van der Waals surface area contributed by atoms with Crippen LogP contribution < -0.4 is 9.47 Å². The van der Waals surface area contributed by atoms with Crippen LogP contribution in [0.15, 0.2) is 53.0 Å². The fraction of sp³-hybridized carbons (Fsp3) is 0.333. The van der Waals surface area contributed by atoms with Gasteiger partial charge in [-0.15, -0.1) is 11.3 Å². The quantitative estimate of drug-likeness (QED) is 0.519. The van der Waals surface area contributed by atoms with E-state index < -0.39 is 9.84 Å². The lowest BCUT2D eigenvalue weighted by Crippen LogP contribution is -2.17. The van der Waals surface area contributed by atoms with Crippen LogP contribution in [0.1, 0.15) is 23.5 Å². The van der Waals surface area contributed by atoms with Crippen LogP contribution in [0, 0.1) is 0 Å². The molecule has 1 unspecified atom stereocenters. The average Bonchev–Trinajstić information content (AvgIpc) is 3.42. The summed E-state index contributed by atoms with van der Waals surface area (Å²) in [5.74, 6) is 1.65. The Morgan fingerprint density at radius 1 is 1.20 bits per heavy atom. The van der Waals surface area contributed by atoms with Gasteiger partial charge in [0.2, 0.25) is 0 Å². The number of thiazole rings is 1. The van der Waals surface area contributed by atoms with E-state index in [4.69, 9.17) is 14.2 Å². The van der Waals surface area contributed by atoms with Gasteiger partial charge in [0.1, 0.15) is 23.9 Å². The smallest absolute Gasteiger partial charge is 0.175 e. The summed E-state index contributed by atoms with van der Waals surface area (Å²) >= 11 is 1.57. The number of hydrogen-bond donors (Lipinski definition) is 0. The second-order valence-electron chi connectivity index (χ2n) is 7.01. The molecule has 0 spiro atoms. The number of ether oxygens (including phenoxy) is 3. The third-order valence-electron chi connectivity index (χ3n) is 4.64. The van der Waals surface area contributed by atoms with Gasteiger partial charge in [-0.1, -0.05) is 0 Å². The van der Waals surface area contributed by atoms with Crippen molar-refractivity contribution in [3.05, 3.63) is 58.8 Å². The predicted molar refractivity (Wildman–Crippen MR) is 113 cm³/mol. The molecule has 9 heteroatoms. The lowest BCUT2D eigenvalue weighted by Gasteiger charge is -2.15. The van der Waals surface area contributed by atoms with E-state index in [0.29, 0.717) is 30.3 Å². The molecule has 3 aromatic rings. The zero-order valence-electron chi connectivity index (χ0n) is 16.5. The SMILES string of the molecule is CS(=O)(=O)c1ccc(Oc2cnc(Cc3nccs3)c(OCC3CCCO3)c2)cc1. The summed E-state index contributed by atoms with van der Waals surface area (Å²) in [7, 11) is -3.25. The van der Waals surface area contributed by atoms with Crippen molar-refractivity contribution in [2.45, 2.75) is 30.3 Å². The van der Waals surface area contributed by atoms with Crippen molar-refractivity contribution in [3.8, 4) is 17.2 Å². The van der Waals surface area contributed by atoms with E-state index in [-0.39, 0.29) is 11.0 Å². The molecule has 1 saturated heterocycles. The van der Waals surface area contributed by atoms with Crippen LogP contribution in [0.4, 0.5) is 0 Å². The van der Waals surface area contributed by atoms with Crippen molar-refractivity contribution in [3.63, 3.8) is 0 Å². The average molecular weight is 447 g/mol. The minimum Gasteiger partial charge on any atom is -0.489 e. The molecule has 1 aromatic carbocycles. The maximum atomic E-state index is 11.6. The van der Waals surface area contributed by atoms with E-state index in [1.54, 1.807) is 41.9 Å². The number of sulfone groups is 1. The van der Waals surface area contributed by atoms with E-state index in [1.165, 1.54) is 18.4 Å². The molecule has 1 aliphatic heterocycles. The Labute approximate surface area is 179 Å². The molecular formula is C21H22N2O5S2. The molecule has 0 aliphatic carbocycles. The first-order valence-corrected chi connectivity index (χ1v) is 12.3. The van der Waals surface area contributed by atoms with Gasteiger partial charge in [0.25, 0.3) is 0 Å². The van der Waals surface area contributed by atoms with Gasteiger partial charge in [-0.2, -0.15) is 0 Å². The number of nitrogens with zero attached hydrogens (tertiary/aromatic N) is 2. The minimum atomic E-state index is -3.25. The molecule has 0 radical (unpaired) electrons. The highest BCUT2D eigenvalue weighted by Gasteiger charge is 2.18. The van der Waals surface area contributed by atoms with Crippen molar-refractivity contribution in [2.75, 3.05) is 19.5 Å². The monoisotopic (exact) mass is 446 g/mol. The summed E-state index contributed by atoms with van der Waals surface area (Å²) in [6.45, 7) is 1.23. The van der Waals surface area contributed by atoms with E-state index in [9.17, 15) is 8.42 Å². The van der Waals surface area contributed by atoms with Crippen LogP contribution in [-0.4, -0.2) is 44.0 Å². The van der Waals surface area contributed by atoms with Crippen LogP contribution in [-0.2, 0) is 21.0 Å². The van der Waals surface area contributed by atoms with Crippen molar-refractivity contribution < 1.29 is 22.6 Å². The number of benzene rings is 1. The molecule has 30 heavy (non-hydrogen) atoms. The summed E-state index contributed by atoms with van der Waals surface area (Å²) in [6.07, 6.45) is 7.26. The molecule has 1 aliphatic rings. The largest absolute Gasteiger partial charge is 0.489 e. The van der Waals surface area contributed by atoms with E-state index in [1.807, 2.05) is 5.38 Å². The number of hydrogen-bond acceptors (Lipinski definition) is 8. The molecule has 7 nitrogen and oxygen atoms in total. The highest BCUT2D eigenvalue weighted by molar-refractivity contribution is 7.90. The standard InChI is InChI=1S/C21H22N2O5S2/c1-30(24,25)18-6-4-15(5-7-18)28-17-11-20(27-14-16-3-2-9-26-16)19(23-13-17)12-21-22-8-10-29-21/h4-8,10-11,13,16H,2-3,9,12,14H2,1H3. The van der Waals surface area contributed by atoms with Gasteiger partial charge in [0.05, 0.1) is 27.9 Å². The zero-order chi connectivity index (χ0) is 21.0. The van der Waals surface area contributed by atoms with E-state index >= 15 is 0 Å². The summed E-state index contributed by atoms with van der Waals surface area (Å²) in [4.78, 5) is 9.10. The molecule has 3 heterocycles. The van der Waals surface area contributed by atoms with Gasteiger partial charge in [0.15, 0.2) is 9.84 Å². The fourth-order valence-electron chi connectivity index (χ4n) is 3.10. The highest BCUT2D eigenvalue weighted by Crippen LogP contribution is 2.29. The topological polar surface area (TPSA) is 87.6 Å². The van der Waals surface area contributed by atoms with Gasteiger partial charge < -0.3 is 14.2 Å². The fourth-order valence-corrected chi connectivity index (χ4v) is 4.35. The van der Waals surface area contributed by atoms with Gasteiger partial charge in [-0.05, 0) is 37.1 Å². The summed E-state index contributed by atoms with van der Waals surface area (Å²) in [5.41, 5.74) is 0.780. The first kappa shape index (κ1) is 20.8. The van der Waals surface area contributed by atoms with Crippen molar-refractivity contribution in [2.24, 2.45) is 0 Å². The Kier molecular flexibility index (Phi) is 6.31. The summed E-state index contributed by atoms with van der Waals surface area (Å²) in [6, 6.07) is 8.07. The van der Waals surface area contributed by atoms with Crippen LogP contribution in [0.5, 0.6) is 17.2 Å². The van der Waals surface area contributed by atoms with Crippen LogP contribution in [0.25, 0.3) is 0 Å². The Hall–Kier alpha value is -2.49. The molecule has 2 aromatic heterocycles. The minimum absolute atomic E-state index is 0.0887. The molecule has 0 amide bonds. The lowest BCUT2D eigenvalue weighted by molar-refractivity contribution is 0.0674. The molecule has 1 fully saturated rings. The number of rotatable bonds is 8. The second-order valence-corrected chi connectivity index (χ2v) is 10.0. The number of pyridine rings is 1. The molecular weight excluding hydrogens is 424 g/mol. The first-order valence-electron chi connectivity index (χ1n) is 9.57. The van der Waals surface area contributed by atoms with Gasteiger partial charge in [-0.25, -0.2) is 13.4 Å². The van der Waals surface area contributed by atoms with Crippen LogP contribution in [0.2, 0.25) is 0 Å². The normalized spacial score (nSPS) is 16.5. The Morgan fingerprint density at radius 2 is 2.03 bits per heavy atom. The molecule has 1 atom stereocenters. The molecule has 0 saturated carbocycles. The van der Waals surface area contributed by atoms with Gasteiger partial charge in [0, 0.05) is 36.9 Å².